The number of halogens is 1. The van der Waals surface area contributed by atoms with E-state index in [9.17, 15) is 4.79 Å². The third-order valence-corrected chi connectivity index (χ3v) is 4.75. The summed E-state index contributed by atoms with van der Waals surface area (Å²) in [6.45, 7) is 2.63. The van der Waals surface area contributed by atoms with E-state index in [1.165, 1.54) is 0 Å². The van der Waals surface area contributed by atoms with Crippen LogP contribution in [0, 0.1) is 6.92 Å². The van der Waals surface area contributed by atoms with Gasteiger partial charge in [-0.05, 0) is 49.6 Å². The Kier molecular flexibility index (Phi) is 3.53. The van der Waals surface area contributed by atoms with E-state index in [0.29, 0.717) is 17.1 Å². The van der Waals surface area contributed by atoms with Gasteiger partial charge in [0.25, 0.3) is 5.91 Å². The standard InChI is InChI=1S/C18H17ClN4O/c1-11-15-9-13(10-20-17(15)22(2)21-11)18(24)23-7-3-4-12-8-14(19)5-6-16(12)23/h5-6,8-10H,3-4,7H2,1-2H3. The molecule has 1 aliphatic heterocycles. The number of anilines is 1. The molecule has 24 heavy (non-hydrogen) atoms. The van der Waals surface area contributed by atoms with Crippen LogP contribution in [0.5, 0.6) is 0 Å². The molecule has 0 atom stereocenters. The summed E-state index contributed by atoms with van der Waals surface area (Å²) in [5, 5.41) is 5.98. The maximum absolute atomic E-state index is 13.0. The number of carbonyl (C=O) groups is 1. The number of pyridine rings is 1. The van der Waals surface area contributed by atoms with Gasteiger partial charge in [0, 0.05) is 35.9 Å². The van der Waals surface area contributed by atoms with Crippen LogP contribution in [-0.2, 0) is 13.5 Å². The van der Waals surface area contributed by atoms with Crippen LogP contribution in [0.15, 0.2) is 30.5 Å². The van der Waals surface area contributed by atoms with Crippen LogP contribution in [0.1, 0.15) is 28.0 Å². The lowest BCUT2D eigenvalue weighted by Crippen LogP contribution is -2.35. The van der Waals surface area contributed by atoms with E-state index < -0.39 is 0 Å². The van der Waals surface area contributed by atoms with Gasteiger partial charge in [-0.1, -0.05) is 11.6 Å². The summed E-state index contributed by atoms with van der Waals surface area (Å²) in [4.78, 5) is 19.3. The fourth-order valence-electron chi connectivity index (χ4n) is 3.36. The van der Waals surface area contributed by atoms with Crippen LogP contribution in [-0.4, -0.2) is 27.2 Å². The Labute approximate surface area is 144 Å². The molecule has 5 nitrogen and oxygen atoms in total. The fraction of sp³-hybridized carbons (Fsp3) is 0.278. The SMILES string of the molecule is Cc1nn(C)c2ncc(C(=O)N3CCCc4cc(Cl)ccc43)cc12. The minimum Gasteiger partial charge on any atom is -0.308 e. The first kappa shape index (κ1) is 15.1. The number of amides is 1. The summed E-state index contributed by atoms with van der Waals surface area (Å²) >= 11 is 6.08. The largest absolute Gasteiger partial charge is 0.308 e. The minimum atomic E-state index is -0.0316. The Hall–Kier alpha value is -2.40. The first-order valence-electron chi connectivity index (χ1n) is 7.94. The number of fused-ring (bicyclic) bond motifs is 2. The molecule has 0 saturated carbocycles. The zero-order chi connectivity index (χ0) is 16.8. The van der Waals surface area contributed by atoms with Crippen molar-refractivity contribution in [3.8, 4) is 0 Å². The lowest BCUT2D eigenvalue weighted by Gasteiger charge is -2.29. The van der Waals surface area contributed by atoms with Gasteiger partial charge in [0.15, 0.2) is 5.65 Å². The van der Waals surface area contributed by atoms with E-state index in [2.05, 4.69) is 10.1 Å². The zero-order valence-corrected chi connectivity index (χ0v) is 14.3. The number of carbonyl (C=O) groups excluding carboxylic acids is 1. The molecular formula is C18H17ClN4O. The lowest BCUT2D eigenvalue weighted by atomic mass is 10.0. The van der Waals surface area contributed by atoms with Gasteiger partial charge in [-0.15, -0.1) is 0 Å². The van der Waals surface area contributed by atoms with Gasteiger partial charge < -0.3 is 4.90 Å². The van der Waals surface area contributed by atoms with E-state index in [4.69, 9.17) is 11.6 Å². The summed E-state index contributed by atoms with van der Waals surface area (Å²) in [7, 11) is 1.86. The molecule has 0 fully saturated rings. The predicted octanol–water partition coefficient (Wildman–Crippen LogP) is 3.52. The van der Waals surface area contributed by atoms with Crippen molar-refractivity contribution in [2.24, 2.45) is 7.05 Å². The van der Waals surface area contributed by atoms with Crippen LogP contribution < -0.4 is 4.90 Å². The van der Waals surface area contributed by atoms with E-state index in [-0.39, 0.29) is 5.91 Å². The minimum absolute atomic E-state index is 0.0316. The van der Waals surface area contributed by atoms with Gasteiger partial charge in [0.2, 0.25) is 0 Å². The molecule has 0 N–H and O–H groups in total. The Morgan fingerprint density at radius 3 is 2.96 bits per heavy atom. The molecule has 3 aromatic rings. The highest BCUT2D eigenvalue weighted by atomic mass is 35.5. The maximum Gasteiger partial charge on any atom is 0.259 e. The molecule has 0 bridgehead atoms. The maximum atomic E-state index is 13.0. The zero-order valence-electron chi connectivity index (χ0n) is 13.6. The summed E-state index contributed by atoms with van der Waals surface area (Å²) in [5.41, 5.74) is 4.31. The average Bonchev–Trinajstić information content (AvgIpc) is 2.87. The van der Waals surface area contributed by atoms with Crippen molar-refractivity contribution in [1.29, 1.82) is 0 Å². The van der Waals surface area contributed by atoms with Crippen molar-refractivity contribution in [2.75, 3.05) is 11.4 Å². The highest BCUT2D eigenvalue weighted by molar-refractivity contribution is 6.30. The Morgan fingerprint density at radius 1 is 1.29 bits per heavy atom. The molecule has 4 rings (SSSR count). The van der Waals surface area contributed by atoms with Gasteiger partial charge in [0.05, 0.1) is 11.3 Å². The molecular weight excluding hydrogens is 324 g/mol. The summed E-state index contributed by atoms with van der Waals surface area (Å²) in [6.07, 6.45) is 3.51. The predicted molar refractivity (Wildman–Crippen MR) is 94.7 cm³/mol. The van der Waals surface area contributed by atoms with Crippen molar-refractivity contribution in [2.45, 2.75) is 19.8 Å². The van der Waals surface area contributed by atoms with Crippen molar-refractivity contribution < 1.29 is 4.79 Å². The molecule has 2 aromatic heterocycles. The third-order valence-electron chi connectivity index (χ3n) is 4.52. The topological polar surface area (TPSA) is 51.0 Å². The first-order chi connectivity index (χ1) is 11.5. The van der Waals surface area contributed by atoms with Crippen LogP contribution >= 0.6 is 11.6 Å². The molecule has 0 aliphatic carbocycles. The van der Waals surface area contributed by atoms with Gasteiger partial charge in [-0.2, -0.15) is 5.10 Å². The molecule has 0 radical (unpaired) electrons. The Morgan fingerprint density at radius 2 is 2.12 bits per heavy atom. The molecule has 1 aromatic carbocycles. The van der Waals surface area contributed by atoms with Crippen molar-refractivity contribution in [3.05, 3.63) is 52.3 Å². The quantitative estimate of drug-likeness (QED) is 0.681. The van der Waals surface area contributed by atoms with Gasteiger partial charge in [-0.3, -0.25) is 9.48 Å². The Balaban J connectivity index is 1.76. The van der Waals surface area contributed by atoms with E-state index >= 15 is 0 Å². The highest BCUT2D eigenvalue weighted by Crippen LogP contribution is 2.31. The number of rotatable bonds is 1. The number of aryl methyl sites for hydroxylation is 3. The second-order valence-electron chi connectivity index (χ2n) is 6.14. The highest BCUT2D eigenvalue weighted by Gasteiger charge is 2.24. The summed E-state index contributed by atoms with van der Waals surface area (Å²) < 4.78 is 1.73. The summed E-state index contributed by atoms with van der Waals surface area (Å²) in [6, 6.07) is 7.59. The summed E-state index contributed by atoms with van der Waals surface area (Å²) in [5.74, 6) is -0.0316. The molecule has 0 spiro atoms. The fourth-order valence-corrected chi connectivity index (χ4v) is 3.55. The Bertz CT molecular complexity index is 963. The van der Waals surface area contributed by atoms with E-state index in [1.807, 2.05) is 43.1 Å². The number of hydrogen-bond donors (Lipinski definition) is 0. The van der Waals surface area contributed by atoms with Crippen molar-refractivity contribution in [1.82, 2.24) is 14.8 Å². The van der Waals surface area contributed by atoms with Gasteiger partial charge in [-0.25, -0.2) is 4.98 Å². The second-order valence-corrected chi connectivity index (χ2v) is 6.57. The van der Waals surface area contributed by atoms with Crippen LogP contribution in [0.25, 0.3) is 11.0 Å². The number of aromatic nitrogens is 3. The van der Waals surface area contributed by atoms with Crippen LogP contribution in [0.2, 0.25) is 5.02 Å². The third kappa shape index (κ3) is 2.36. The monoisotopic (exact) mass is 340 g/mol. The molecule has 3 heterocycles. The number of nitrogens with zero attached hydrogens (tertiary/aromatic N) is 4. The molecule has 6 heteroatoms. The molecule has 1 aliphatic rings. The van der Waals surface area contributed by atoms with Crippen molar-refractivity contribution in [3.63, 3.8) is 0 Å². The van der Waals surface area contributed by atoms with Crippen LogP contribution in [0.3, 0.4) is 0 Å². The van der Waals surface area contributed by atoms with E-state index in [0.717, 1.165) is 40.8 Å². The first-order valence-corrected chi connectivity index (χ1v) is 8.32. The molecule has 0 saturated heterocycles. The van der Waals surface area contributed by atoms with Gasteiger partial charge >= 0.3 is 0 Å². The number of hydrogen-bond acceptors (Lipinski definition) is 3. The van der Waals surface area contributed by atoms with Crippen molar-refractivity contribution >= 4 is 34.2 Å². The number of benzene rings is 1. The molecule has 0 unspecified atom stereocenters. The normalized spacial score (nSPS) is 14.0. The molecule has 122 valence electrons. The lowest BCUT2D eigenvalue weighted by molar-refractivity contribution is 0.0985. The van der Waals surface area contributed by atoms with E-state index in [1.54, 1.807) is 10.9 Å². The smallest absolute Gasteiger partial charge is 0.259 e. The van der Waals surface area contributed by atoms with Crippen LogP contribution in [0.4, 0.5) is 5.69 Å². The van der Waals surface area contributed by atoms with Gasteiger partial charge in [0.1, 0.15) is 0 Å². The molecule has 1 amide bonds. The second kappa shape index (κ2) is 5.60. The average molecular weight is 341 g/mol.